The van der Waals surface area contributed by atoms with Crippen LogP contribution >= 0.6 is 11.8 Å². The fourth-order valence-electron chi connectivity index (χ4n) is 2.39. The van der Waals surface area contributed by atoms with Crippen LogP contribution < -0.4 is 5.32 Å². The monoisotopic (exact) mass is 269 g/mol. The van der Waals surface area contributed by atoms with Crippen molar-refractivity contribution < 1.29 is 4.52 Å². The van der Waals surface area contributed by atoms with Gasteiger partial charge in [0.15, 0.2) is 5.82 Å². The minimum absolute atomic E-state index is 0.110. The predicted octanol–water partition coefficient (Wildman–Crippen LogP) is 2.74. The second-order valence-electron chi connectivity index (χ2n) is 5.26. The van der Waals surface area contributed by atoms with Crippen molar-refractivity contribution in [2.45, 2.75) is 56.5 Å². The summed E-state index contributed by atoms with van der Waals surface area (Å²) in [7, 11) is 0. The molecule has 0 atom stereocenters. The second kappa shape index (κ2) is 6.06. The van der Waals surface area contributed by atoms with Crippen molar-refractivity contribution in [1.29, 1.82) is 0 Å². The highest BCUT2D eigenvalue weighted by molar-refractivity contribution is 7.99. The van der Waals surface area contributed by atoms with Crippen LogP contribution in [-0.2, 0) is 11.2 Å². The molecule has 0 aliphatic carbocycles. The van der Waals surface area contributed by atoms with E-state index in [1.165, 1.54) is 0 Å². The molecule has 1 aliphatic rings. The molecule has 5 heteroatoms. The van der Waals surface area contributed by atoms with Gasteiger partial charge in [-0.25, -0.2) is 0 Å². The highest BCUT2D eigenvalue weighted by Crippen LogP contribution is 2.35. The van der Waals surface area contributed by atoms with Crippen molar-refractivity contribution in [1.82, 2.24) is 15.5 Å². The third kappa shape index (κ3) is 3.06. The van der Waals surface area contributed by atoms with E-state index in [0.29, 0.717) is 5.25 Å². The van der Waals surface area contributed by atoms with E-state index in [1.54, 1.807) is 0 Å². The van der Waals surface area contributed by atoms with Crippen LogP contribution in [0.4, 0.5) is 0 Å². The first-order chi connectivity index (χ1) is 8.66. The van der Waals surface area contributed by atoms with Gasteiger partial charge in [-0.2, -0.15) is 16.7 Å². The summed E-state index contributed by atoms with van der Waals surface area (Å²) in [6.07, 6.45) is 3.28. The number of nitrogens with zero attached hydrogens (tertiary/aromatic N) is 2. The number of rotatable bonds is 5. The van der Waals surface area contributed by atoms with Gasteiger partial charge in [-0.05, 0) is 37.6 Å². The Morgan fingerprint density at radius 3 is 2.72 bits per heavy atom. The van der Waals surface area contributed by atoms with E-state index in [9.17, 15) is 0 Å². The maximum Gasteiger partial charge on any atom is 0.232 e. The SMILES string of the molecule is CCC1(c2nc(CSC(C)C)no2)CCNCC1. The fraction of sp³-hybridized carbons (Fsp3) is 0.846. The fourth-order valence-corrected chi connectivity index (χ4v) is 2.99. The van der Waals surface area contributed by atoms with Crippen LogP contribution in [0.15, 0.2) is 4.52 Å². The highest BCUT2D eigenvalue weighted by Gasteiger charge is 2.37. The summed E-state index contributed by atoms with van der Waals surface area (Å²) in [5.41, 5.74) is 0.110. The minimum atomic E-state index is 0.110. The topological polar surface area (TPSA) is 51.0 Å². The van der Waals surface area contributed by atoms with Gasteiger partial charge in [0.2, 0.25) is 5.89 Å². The van der Waals surface area contributed by atoms with Gasteiger partial charge in [-0.15, -0.1) is 0 Å². The van der Waals surface area contributed by atoms with Crippen LogP contribution in [0.5, 0.6) is 0 Å². The van der Waals surface area contributed by atoms with Crippen molar-refractivity contribution in [2.75, 3.05) is 13.1 Å². The Bertz CT molecular complexity index is 372. The predicted molar refractivity (Wildman–Crippen MR) is 74.8 cm³/mol. The molecule has 1 N–H and O–H groups in total. The van der Waals surface area contributed by atoms with Crippen molar-refractivity contribution in [3.63, 3.8) is 0 Å². The summed E-state index contributed by atoms with van der Waals surface area (Å²) in [5.74, 6) is 2.54. The first-order valence-corrected chi connectivity index (χ1v) is 7.86. The summed E-state index contributed by atoms with van der Waals surface area (Å²) in [5, 5.41) is 8.13. The van der Waals surface area contributed by atoms with Gasteiger partial charge in [-0.1, -0.05) is 25.9 Å². The summed E-state index contributed by atoms with van der Waals surface area (Å²) in [6, 6.07) is 0. The van der Waals surface area contributed by atoms with Crippen LogP contribution in [-0.4, -0.2) is 28.5 Å². The molecule has 0 unspecified atom stereocenters. The number of hydrogen-bond acceptors (Lipinski definition) is 5. The van der Waals surface area contributed by atoms with Crippen LogP contribution in [0.3, 0.4) is 0 Å². The molecule has 102 valence electrons. The van der Waals surface area contributed by atoms with E-state index in [2.05, 4.69) is 36.2 Å². The third-order valence-corrected chi connectivity index (χ3v) is 4.80. The molecule has 1 aromatic rings. The van der Waals surface area contributed by atoms with E-state index in [-0.39, 0.29) is 5.41 Å². The van der Waals surface area contributed by atoms with Gasteiger partial charge in [0.25, 0.3) is 0 Å². The molecule has 1 aliphatic heterocycles. The maximum absolute atomic E-state index is 5.53. The molecule has 0 amide bonds. The minimum Gasteiger partial charge on any atom is -0.339 e. The second-order valence-corrected chi connectivity index (χ2v) is 6.82. The molecule has 4 nitrogen and oxygen atoms in total. The van der Waals surface area contributed by atoms with E-state index >= 15 is 0 Å². The average Bonchev–Trinajstić information content (AvgIpc) is 2.86. The number of piperidine rings is 1. The zero-order chi connectivity index (χ0) is 13.0. The lowest BCUT2D eigenvalue weighted by atomic mass is 9.76. The molecule has 0 bridgehead atoms. The van der Waals surface area contributed by atoms with Gasteiger partial charge in [0, 0.05) is 0 Å². The van der Waals surface area contributed by atoms with E-state index in [1.807, 2.05) is 11.8 Å². The normalized spacial score (nSPS) is 19.3. The lowest BCUT2D eigenvalue weighted by Crippen LogP contribution is -2.39. The largest absolute Gasteiger partial charge is 0.339 e. The molecule has 1 fully saturated rings. The number of thioether (sulfide) groups is 1. The van der Waals surface area contributed by atoms with Crippen LogP contribution in [0, 0.1) is 0 Å². The first-order valence-electron chi connectivity index (χ1n) is 6.82. The van der Waals surface area contributed by atoms with Gasteiger partial charge < -0.3 is 9.84 Å². The Morgan fingerprint density at radius 2 is 2.11 bits per heavy atom. The smallest absolute Gasteiger partial charge is 0.232 e. The Morgan fingerprint density at radius 1 is 1.39 bits per heavy atom. The summed E-state index contributed by atoms with van der Waals surface area (Å²) in [6.45, 7) is 8.69. The van der Waals surface area contributed by atoms with Crippen molar-refractivity contribution in [3.8, 4) is 0 Å². The van der Waals surface area contributed by atoms with Crippen LogP contribution in [0.1, 0.15) is 51.7 Å². The zero-order valence-electron chi connectivity index (χ0n) is 11.5. The number of nitrogens with one attached hydrogen (secondary N) is 1. The average molecular weight is 269 g/mol. The lowest BCUT2D eigenvalue weighted by molar-refractivity contribution is 0.216. The van der Waals surface area contributed by atoms with E-state index in [4.69, 9.17) is 4.52 Å². The summed E-state index contributed by atoms with van der Waals surface area (Å²) >= 11 is 1.85. The Kier molecular flexibility index (Phi) is 4.67. The standard InChI is InChI=1S/C13H23N3OS/c1-4-13(5-7-14-8-6-13)12-15-11(16-17-12)9-18-10(2)3/h10,14H,4-9H2,1-3H3. The Balaban J connectivity index is 2.07. The first kappa shape index (κ1) is 13.9. The quantitative estimate of drug-likeness (QED) is 0.890. The van der Waals surface area contributed by atoms with Crippen molar-refractivity contribution >= 4 is 11.8 Å². The van der Waals surface area contributed by atoms with Gasteiger partial charge >= 0.3 is 0 Å². The summed E-state index contributed by atoms with van der Waals surface area (Å²) in [4.78, 5) is 4.62. The van der Waals surface area contributed by atoms with E-state index < -0.39 is 0 Å². The lowest BCUT2D eigenvalue weighted by Gasteiger charge is -2.33. The molecule has 0 aromatic carbocycles. The number of hydrogen-bond donors (Lipinski definition) is 1. The van der Waals surface area contributed by atoms with Crippen molar-refractivity contribution in [3.05, 3.63) is 11.7 Å². The van der Waals surface area contributed by atoms with Crippen LogP contribution in [0.25, 0.3) is 0 Å². The maximum atomic E-state index is 5.53. The summed E-state index contributed by atoms with van der Waals surface area (Å²) < 4.78 is 5.53. The molecule has 0 radical (unpaired) electrons. The third-order valence-electron chi connectivity index (χ3n) is 3.70. The van der Waals surface area contributed by atoms with E-state index in [0.717, 1.165) is 49.8 Å². The van der Waals surface area contributed by atoms with Crippen LogP contribution in [0.2, 0.25) is 0 Å². The molecule has 1 saturated heterocycles. The molecule has 0 saturated carbocycles. The molecule has 18 heavy (non-hydrogen) atoms. The van der Waals surface area contributed by atoms with Crippen molar-refractivity contribution in [2.24, 2.45) is 0 Å². The Labute approximate surface area is 113 Å². The van der Waals surface area contributed by atoms with Gasteiger partial charge in [-0.3, -0.25) is 0 Å². The molecule has 2 rings (SSSR count). The molecule has 2 heterocycles. The zero-order valence-corrected chi connectivity index (χ0v) is 12.3. The number of aromatic nitrogens is 2. The molecular formula is C13H23N3OS. The molecule has 1 aromatic heterocycles. The van der Waals surface area contributed by atoms with Gasteiger partial charge in [0.05, 0.1) is 11.2 Å². The molecule has 0 spiro atoms. The molecular weight excluding hydrogens is 246 g/mol. The highest BCUT2D eigenvalue weighted by atomic mass is 32.2. The Hall–Kier alpha value is -0.550. The van der Waals surface area contributed by atoms with Gasteiger partial charge in [0.1, 0.15) is 0 Å².